The van der Waals surface area contributed by atoms with E-state index in [0.717, 1.165) is 23.1 Å². The number of aryl methyl sites for hydroxylation is 2. The summed E-state index contributed by atoms with van der Waals surface area (Å²) in [6.07, 6.45) is 1.73. The number of nitrogens with one attached hydrogen (secondary N) is 1. The topological polar surface area (TPSA) is 107 Å². The summed E-state index contributed by atoms with van der Waals surface area (Å²) in [5.41, 5.74) is 3.05. The molecular formula is C17H27BN2O5S. The normalized spacial score (nSPS) is 18.3. The molecule has 1 aromatic rings. The van der Waals surface area contributed by atoms with Gasteiger partial charge in [-0.05, 0) is 44.2 Å². The number of rotatable bonds is 7. The van der Waals surface area contributed by atoms with Gasteiger partial charge in [-0.15, -0.1) is 0 Å². The Bertz CT molecular complexity index is 739. The molecule has 1 amide bonds. The predicted octanol–water partition coefficient (Wildman–Crippen LogP) is 0.158. The average molecular weight is 382 g/mol. The van der Waals surface area contributed by atoms with Gasteiger partial charge in [0, 0.05) is 19.5 Å². The number of carbonyl (C=O) groups is 1. The lowest BCUT2D eigenvalue weighted by Gasteiger charge is -2.26. The molecule has 0 aliphatic carbocycles. The maximum absolute atomic E-state index is 12.2. The third kappa shape index (κ3) is 5.80. The quantitative estimate of drug-likeness (QED) is 0.583. The Balaban J connectivity index is 1.93. The maximum Gasteiger partial charge on any atom is 0.475 e. The largest absolute Gasteiger partial charge is 0.475 e. The zero-order valence-electron chi connectivity index (χ0n) is 15.3. The molecule has 26 heavy (non-hydrogen) atoms. The summed E-state index contributed by atoms with van der Waals surface area (Å²) in [6.45, 7) is 4.47. The van der Waals surface area contributed by atoms with E-state index in [1.54, 1.807) is 0 Å². The standard InChI is InChI=1S/C17H27BN2O5S/c1-13-5-6-15(14(2)11-13)12-16(18(22)23)19-17(21)7-9-20-8-3-4-10-26(20,24)25/h5-6,11,16,22-23H,3-4,7-10,12H2,1-2H3,(H,19,21). The molecule has 1 atom stereocenters. The minimum Gasteiger partial charge on any atom is -0.426 e. The highest BCUT2D eigenvalue weighted by atomic mass is 32.2. The van der Waals surface area contributed by atoms with Crippen molar-refractivity contribution in [3.05, 3.63) is 34.9 Å². The van der Waals surface area contributed by atoms with Crippen molar-refractivity contribution in [2.75, 3.05) is 18.8 Å². The Kier molecular flexibility index (Phi) is 7.22. The van der Waals surface area contributed by atoms with E-state index in [0.29, 0.717) is 13.0 Å². The van der Waals surface area contributed by atoms with Gasteiger partial charge in [-0.25, -0.2) is 12.7 Å². The van der Waals surface area contributed by atoms with E-state index < -0.39 is 29.0 Å². The summed E-state index contributed by atoms with van der Waals surface area (Å²) in [6, 6.07) is 5.85. The highest BCUT2D eigenvalue weighted by Gasteiger charge is 2.28. The molecule has 1 unspecified atom stereocenters. The first-order valence-electron chi connectivity index (χ1n) is 8.88. The third-order valence-corrected chi connectivity index (χ3v) is 6.64. The van der Waals surface area contributed by atoms with Crippen LogP contribution in [0, 0.1) is 13.8 Å². The van der Waals surface area contributed by atoms with Crippen LogP contribution in [-0.4, -0.2) is 60.6 Å². The van der Waals surface area contributed by atoms with E-state index in [2.05, 4.69) is 5.32 Å². The molecule has 144 valence electrons. The van der Waals surface area contributed by atoms with Gasteiger partial charge in [0.1, 0.15) is 0 Å². The monoisotopic (exact) mass is 382 g/mol. The highest BCUT2D eigenvalue weighted by Crippen LogP contribution is 2.15. The number of hydrogen-bond acceptors (Lipinski definition) is 5. The lowest BCUT2D eigenvalue weighted by molar-refractivity contribution is -0.121. The first-order valence-corrected chi connectivity index (χ1v) is 10.5. The predicted molar refractivity (Wildman–Crippen MR) is 101 cm³/mol. The van der Waals surface area contributed by atoms with Gasteiger partial charge in [0.05, 0.1) is 11.7 Å². The van der Waals surface area contributed by atoms with Crippen molar-refractivity contribution in [3.63, 3.8) is 0 Å². The summed E-state index contributed by atoms with van der Waals surface area (Å²) >= 11 is 0. The second-order valence-corrected chi connectivity index (χ2v) is 8.98. The zero-order chi connectivity index (χ0) is 19.3. The Morgan fingerprint density at radius 1 is 1.31 bits per heavy atom. The van der Waals surface area contributed by atoms with E-state index in [9.17, 15) is 23.3 Å². The van der Waals surface area contributed by atoms with Crippen LogP contribution in [-0.2, 0) is 21.2 Å². The SMILES string of the molecule is Cc1ccc(CC(NC(=O)CCN2CCCCS2(=O)=O)B(O)O)c(C)c1. The van der Waals surface area contributed by atoms with Crippen molar-refractivity contribution in [2.45, 2.75) is 45.5 Å². The maximum atomic E-state index is 12.2. The van der Waals surface area contributed by atoms with Gasteiger partial charge in [0.2, 0.25) is 15.9 Å². The van der Waals surface area contributed by atoms with Gasteiger partial charge in [-0.2, -0.15) is 0 Å². The van der Waals surface area contributed by atoms with Crippen LogP contribution >= 0.6 is 0 Å². The lowest BCUT2D eigenvalue weighted by Crippen LogP contribution is -2.49. The second-order valence-electron chi connectivity index (χ2n) is 6.89. The molecule has 9 heteroatoms. The summed E-state index contributed by atoms with van der Waals surface area (Å²) in [4.78, 5) is 12.2. The van der Waals surface area contributed by atoms with Crippen LogP contribution in [0.25, 0.3) is 0 Å². The molecule has 0 bridgehead atoms. The van der Waals surface area contributed by atoms with Crippen LogP contribution in [0.1, 0.15) is 36.0 Å². The molecular weight excluding hydrogens is 355 g/mol. The minimum atomic E-state index is -3.27. The first-order chi connectivity index (χ1) is 12.2. The number of benzene rings is 1. The van der Waals surface area contributed by atoms with Gasteiger partial charge in [0.15, 0.2) is 0 Å². The van der Waals surface area contributed by atoms with Crippen molar-refractivity contribution in [2.24, 2.45) is 0 Å². The average Bonchev–Trinajstić information content (AvgIpc) is 2.55. The van der Waals surface area contributed by atoms with Crippen LogP contribution < -0.4 is 5.32 Å². The third-order valence-electron chi connectivity index (χ3n) is 4.69. The Labute approximate surface area is 155 Å². The van der Waals surface area contributed by atoms with Crippen molar-refractivity contribution in [1.29, 1.82) is 0 Å². The van der Waals surface area contributed by atoms with Gasteiger partial charge in [-0.1, -0.05) is 23.8 Å². The van der Waals surface area contributed by atoms with Crippen molar-refractivity contribution < 1.29 is 23.3 Å². The summed E-state index contributed by atoms with van der Waals surface area (Å²) < 4.78 is 25.2. The number of carbonyl (C=O) groups excluding carboxylic acids is 1. The Morgan fingerprint density at radius 3 is 2.65 bits per heavy atom. The number of hydrogen-bond donors (Lipinski definition) is 3. The summed E-state index contributed by atoms with van der Waals surface area (Å²) in [5, 5.41) is 21.8. The molecule has 1 heterocycles. The van der Waals surface area contributed by atoms with Crippen molar-refractivity contribution in [1.82, 2.24) is 9.62 Å². The molecule has 7 nitrogen and oxygen atoms in total. The van der Waals surface area contributed by atoms with E-state index >= 15 is 0 Å². The number of nitrogens with zero attached hydrogens (tertiary/aromatic N) is 1. The molecule has 1 aliphatic rings. The molecule has 1 aliphatic heterocycles. The van der Waals surface area contributed by atoms with Gasteiger partial charge in [0.25, 0.3) is 0 Å². The highest BCUT2D eigenvalue weighted by molar-refractivity contribution is 7.89. The molecule has 0 radical (unpaired) electrons. The van der Waals surface area contributed by atoms with Crippen LogP contribution in [0.3, 0.4) is 0 Å². The van der Waals surface area contributed by atoms with Gasteiger partial charge >= 0.3 is 7.12 Å². The molecule has 1 fully saturated rings. The molecule has 3 N–H and O–H groups in total. The van der Waals surface area contributed by atoms with Crippen LogP contribution in [0.5, 0.6) is 0 Å². The lowest BCUT2D eigenvalue weighted by atomic mass is 9.75. The second kappa shape index (κ2) is 8.99. The smallest absolute Gasteiger partial charge is 0.426 e. The Hall–Kier alpha value is -1.42. The molecule has 1 saturated heterocycles. The van der Waals surface area contributed by atoms with Crippen LogP contribution in [0.2, 0.25) is 0 Å². The van der Waals surface area contributed by atoms with Crippen LogP contribution in [0.15, 0.2) is 18.2 Å². The molecule has 2 rings (SSSR count). The zero-order valence-corrected chi connectivity index (χ0v) is 16.1. The van der Waals surface area contributed by atoms with Crippen LogP contribution in [0.4, 0.5) is 0 Å². The van der Waals surface area contributed by atoms with E-state index in [-0.39, 0.29) is 25.1 Å². The van der Waals surface area contributed by atoms with E-state index in [4.69, 9.17) is 0 Å². The molecule has 0 saturated carbocycles. The fourth-order valence-corrected chi connectivity index (χ4v) is 4.74. The number of sulfonamides is 1. The Morgan fingerprint density at radius 2 is 2.04 bits per heavy atom. The van der Waals surface area contributed by atoms with Crippen molar-refractivity contribution >= 4 is 23.0 Å². The fourth-order valence-electron chi connectivity index (χ4n) is 3.14. The van der Waals surface area contributed by atoms with E-state index in [1.165, 1.54) is 4.31 Å². The fraction of sp³-hybridized carbons (Fsp3) is 0.588. The molecule has 0 spiro atoms. The van der Waals surface area contributed by atoms with Crippen molar-refractivity contribution in [3.8, 4) is 0 Å². The molecule has 0 aromatic heterocycles. The minimum absolute atomic E-state index is 0.00463. The summed E-state index contributed by atoms with van der Waals surface area (Å²) in [5.74, 6) is -1.12. The molecule has 1 aromatic carbocycles. The van der Waals surface area contributed by atoms with E-state index in [1.807, 2.05) is 32.0 Å². The number of amides is 1. The summed E-state index contributed by atoms with van der Waals surface area (Å²) in [7, 11) is -4.96. The first kappa shape index (κ1) is 20.9. The van der Waals surface area contributed by atoms with Gasteiger partial charge < -0.3 is 15.4 Å². The van der Waals surface area contributed by atoms with Gasteiger partial charge in [-0.3, -0.25) is 4.79 Å².